The molecule has 20 heavy (non-hydrogen) atoms. The third-order valence-electron chi connectivity index (χ3n) is 2.88. The SMILES string of the molecule is CC(C)(C)OC(=O)C(N)Cc1nccc2ccccc12. The first-order valence-corrected chi connectivity index (χ1v) is 6.68. The average molecular weight is 272 g/mol. The van der Waals surface area contributed by atoms with Crippen molar-refractivity contribution >= 4 is 16.7 Å². The number of carbonyl (C=O) groups excluding carboxylic acids is 1. The molecule has 1 aromatic heterocycles. The fourth-order valence-electron chi connectivity index (χ4n) is 2.01. The van der Waals surface area contributed by atoms with Gasteiger partial charge in [0.25, 0.3) is 0 Å². The third kappa shape index (κ3) is 3.54. The quantitative estimate of drug-likeness (QED) is 0.872. The summed E-state index contributed by atoms with van der Waals surface area (Å²) in [6.45, 7) is 5.48. The third-order valence-corrected chi connectivity index (χ3v) is 2.88. The minimum absolute atomic E-state index is 0.371. The summed E-state index contributed by atoms with van der Waals surface area (Å²) in [7, 11) is 0. The molecule has 0 fully saturated rings. The van der Waals surface area contributed by atoms with Crippen LogP contribution in [-0.4, -0.2) is 22.6 Å². The van der Waals surface area contributed by atoms with Crippen LogP contribution in [0.2, 0.25) is 0 Å². The van der Waals surface area contributed by atoms with Crippen molar-refractivity contribution < 1.29 is 9.53 Å². The summed E-state index contributed by atoms with van der Waals surface area (Å²) < 4.78 is 5.29. The number of hydrogen-bond acceptors (Lipinski definition) is 4. The van der Waals surface area contributed by atoms with Crippen LogP contribution in [0.1, 0.15) is 26.5 Å². The number of esters is 1. The fraction of sp³-hybridized carbons (Fsp3) is 0.375. The van der Waals surface area contributed by atoms with Crippen LogP contribution in [0, 0.1) is 0 Å². The Bertz CT molecular complexity index is 612. The first-order chi connectivity index (χ1) is 9.37. The maximum Gasteiger partial charge on any atom is 0.323 e. The van der Waals surface area contributed by atoms with Gasteiger partial charge in [-0.3, -0.25) is 9.78 Å². The maximum absolute atomic E-state index is 11.9. The van der Waals surface area contributed by atoms with Crippen LogP contribution in [0.4, 0.5) is 0 Å². The highest BCUT2D eigenvalue weighted by Crippen LogP contribution is 2.18. The van der Waals surface area contributed by atoms with E-state index in [1.54, 1.807) is 6.20 Å². The zero-order chi connectivity index (χ0) is 14.8. The Morgan fingerprint density at radius 3 is 2.70 bits per heavy atom. The van der Waals surface area contributed by atoms with Crippen molar-refractivity contribution in [1.82, 2.24) is 4.98 Å². The molecule has 1 unspecified atom stereocenters. The van der Waals surface area contributed by atoms with Gasteiger partial charge >= 0.3 is 5.97 Å². The van der Waals surface area contributed by atoms with Gasteiger partial charge in [-0.05, 0) is 32.2 Å². The zero-order valence-electron chi connectivity index (χ0n) is 12.1. The summed E-state index contributed by atoms with van der Waals surface area (Å²) in [5, 5.41) is 2.11. The second-order valence-electron chi connectivity index (χ2n) is 5.82. The lowest BCUT2D eigenvalue weighted by atomic mass is 10.0. The Morgan fingerprint density at radius 2 is 2.00 bits per heavy atom. The Hall–Kier alpha value is -1.94. The number of aromatic nitrogens is 1. The van der Waals surface area contributed by atoms with E-state index >= 15 is 0 Å². The zero-order valence-corrected chi connectivity index (χ0v) is 12.1. The molecule has 0 bridgehead atoms. The lowest BCUT2D eigenvalue weighted by molar-refractivity contribution is -0.156. The van der Waals surface area contributed by atoms with Crippen LogP contribution in [0.25, 0.3) is 10.8 Å². The highest BCUT2D eigenvalue weighted by atomic mass is 16.6. The van der Waals surface area contributed by atoms with E-state index in [-0.39, 0.29) is 0 Å². The molecular weight excluding hydrogens is 252 g/mol. The minimum Gasteiger partial charge on any atom is -0.459 e. The molecule has 4 nitrogen and oxygen atoms in total. The van der Waals surface area contributed by atoms with Gasteiger partial charge in [-0.2, -0.15) is 0 Å². The molecule has 1 atom stereocenters. The number of ether oxygens (including phenoxy) is 1. The molecule has 0 spiro atoms. The monoisotopic (exact) mass is 272 g/mol. The van der Waals surface area contributed by atoms with E-state index in [9.17, 15) is 4.79 Å². The van der Waals surface area contributed by atoms with Crippen molar-refractivity contribution in [1.29, 1.82) is 0 Å². The van der Waals surface area contributed by atoms with Crippen LogP contribution in [0.15, 0.2) is 36.5 Å². The number of nitrogens with zero attached hydrogens (tertiary/aromatic N) is 1. The number of rotatable bonds is 3. The summed E-state index contributed by atoms with van der Waals surface area (Å²) in [4.78, 5) is 16.3. The molecule has 2 rings (SSSR count). The molecule has 0 saturated carbocycles. The average Bonchev–Trinajstić information content (AvgIpc) is 2.37. The molecule has 0 aliphatic carbocycles. The number of hydrogen-bond donors (Lipinski definition) is 1. The van der Waals surface area contributed by atoms with Crippen LogP contribution < -0.4 is 5.73 Å². The largest absolute Gasteiger partial charge is 0.459 e. The van der Waals surface area contributed by atoms with Gasteiger partial charge in [0.05, 0.1) is 5.69 Å². The normalized spacial score (nSPS) is 13.2. The maximum atomic E-state index is 11.9. The Labute approximate surface area is 119 Å². The summed E-state index contributed by atoms with van der Waals surface area (Å²) >= 11 is 0. The number of fused-ring (bicyclic) bond motifs is 1. The molecular formula is C16H20N2O2. The predicted molar refractivity (Wildman–Crippen MR) is 79.3 cm³/mol. The van der Waals surface area contributed by atoms with E-state index in [1.807, 2.05) is 51.1 Å². The molecule has 0 saturated heterocycles. The number of pyridine rings is 1. The van der Waals surface area contributed by atoms with Crippen molar-refractivity contribution in [2.24, 2.45) is 5.73 Å². The summed E-state index contributed by atoms with van der Waals surface area (Å²) in [5.74, 6) is -0.396. The molecule has 2 N–H and O–H groups in total. The van der Waals surface area contributed by atoms with E-state index in [2.05, 4.69) is 4.98 Å². The van der Waals surface area contributed by atoms with Crippen molar-refractivity contribution in [3.8, 4) is 0 Å². The molecule has 1 aromatic carbocycles. The van der Waals surface area contributed by atoms with E-state index in [0.29, 0.717) is 6.42 Å². The molecule has 4 heteroatoms. The highest BCUT2D eigenvalue weighted by Gasteiger charge is 2.23. The Kier molecular flexibility index (Phi) is 4.04. The van der Waals surface area contributed by atoms with Crippen molar-refractivity contribution in [3.05, 3.63) is 42.2 Å². The van der Waals surface area contributed by atoms with E-state index in [4.69, 9.17) is 10.5 Å². The van der Waals surface area contributed by atoms with Crippen molar-refractivity contribution in [3.63, 3.8) is 0 Å². The van der Waals surface area contributed by atoms with Gasteiger partial charge in [0.1, 0.15) is 11.6 Å². The van der Waals surface area contributed by atoms with Crippen molar-refractivity contribution in [2.45, 2.75) is 38.8 Å². The molecule has 0 aliphatic rings. The van der Waals surface area contributed by atoms with Crippen LogP contribution in [0.3, 0.4) is 0 Å². The van der Waals surface area contributed by atoms with Gasteiger partial charge < -0.3 is 10.5 Å². The van der Waals surface area contributed by atoms with Gasteiger partial charge in [0.15, 0.2) is 0 Å². The second-order valence-corrected chi connectivity index (χ2v) is 5.82. The van der Waals surface area contributed by atoms with E-state index in [0.717, 1.165) is 16.5 Å². The number of carbonyl (C=O) groups is 1. The van der Waals surface area contributed by atoms with Crippen LogP contribution in [0.5, 0.6) is 0 Å². The number of nitrogens with two attached hydrogens (primary N) is 1. The molecule has 0 aliphatic heterocycles. The number of benzene rings is 1. The molecule has 2 aromatic rings. The smallest absolute Gasteiger partial charge is 0.323 e. The van der Waals surface area contributed by atoms with E-state index in [1.165, 1.54) is 0 Å². The van der Waals surface area contributed by atoms with Gasteiger partial charge in [-0.1, -0.05) is 24.3 Å². The lowest BCUT2D eigenvalue weighted by Crippen LogP contribution is -2.39. The molecule has 0 amide bonds. The standard InChI is InChI=1S/C16H20N2O2/c1-16(2,3)20-15(19)13(17)10-14-12-7-5-4-6-11(12)8-9-18-14/h4-9,13H,10,17H2,1-3H3. The van der Waals surface area contributed by atoms with Gasteiger partial charge in [0.2, 0.25) is 0 Å². The van der Waals surface area contributed by atoms with Crippen LogP contribution in [-0.2, 0) is 16.0 Å². The van der Waals surface area contributed by atoms with Gasteiger partial charge in [0, 0.05) is 18.0 Å². The summed E-state index contributed by atoms with van der Waals surface area (Å²) in [5.41, 5.74) is 6.23. The first kappa shape index (κ1) is 14.5. The fourth-order valence-corrected chi connectivity index (χ4v) is 2.01. The van der Waals surface area contributed by atoms with Gasteiger partial charge in [-0.25, -0.2) is 0 Å². The lowest BCUT2D eigenvalue weighted by Gasteiger charge is -2.22. The summed E-state index contributed by atoms with van der Waals surface area (Å²) in [6, 6.07) is 9.16. The minimum atomic E-state index is -0.701. The van der Waals surface area contributed by atoms with Crippen LogP contribution >= 0.6 is 0 Å². The first-order valence-electron chi connectivity index (χ1n) is 6.68. The van der Waals surface area contributed by atoms with Gasteiger partial charge in [-0.15, -0.1) is 0 Å². The second kappa shape index (κ2) is 5.59. The molecule has 0 radical (unpaired) electrons. The summed E-state index contributed by atoms with van der Waals surface area (Å²) in [6.07, 6.45) is 2.11. The van der Waals surface area contributed by atoms with Crippen molar-refractivity contribution in [2.75, 3.05) is 0 Å². The Balaban J connectivity index is 2.18. The molecule has 106 valence electrons. The van der Waals surface area contributed by atoms with E-state index < -0.39 is 17.6 Å². The highest BCUT2D eigenvalue weighted by molar-refractivity contribution is 5.85. The molecule has 1 heterocycles. The Morgan fingerprint density at radius 1 is 1.30 bits per heavy atom. The topological polar surface area (TPSA) is 65.2 Å². The predicted octanol–water partition coefficient (Wildman–Crippen LogP) is 2.45.